The van der Waals surface area contributed by atoms with Crippen molar-refractivity contribution in [3.8, 4) is 0 Å². The van der Waals surface area contributed by atoms with Crippen LogP contribution in [0.3, 0.4) is 0 Å². The quantitative estimate of drug-likeness (QED) is 0.736. The van der Waals surface area contributed by atoms with Crippen LogP contribution in [0.15, 0.2) is 24.5 Å². The van der Waals surface area contributed by atoms with E-state index in [1.807, 2.05) is 19.9 Å². The number of H-pyrrole nitrogens is 1. The Morgan fingerprint density at radius 2 is 1.81 bits per heavy atom. The molecule has 0 atom stereocenters. The highest BCUT2D eigenvalue weighted by Gasteiger charge is 2.26. The Balaban J connectivity index is 1.41. The average molecular weight is 367 g/mol. The molecule has 1 aliphatic rings. The number of hydrogen-bond donors (Lipinski definition) is 1. The largest absolute Gasteiger partial charge is 0.351 e. The van der Waals surface area contributed by atoms with Crippen LogP contribution in [0.1, 0.15) is 21.6 Å². The third-order valence-corrected chi connectivity index (χ3v) is 4.93. The van der Waals surface area contributed by atoms with Crippen LogP contribution in [-0.2, 0) is 11.3 Å². The summed E-state index contributed by atoms with van der Waals surface area (Å²) >= 11 is 0. The molecule has 2 amide bonds. The van der Waals surface area contributed by atoms with E-state index in [1.54, 1.807) is 9.80 Å². The molecule has 0 bridgehead atoms. The van der Waals surface area contributed by atoms with Gasteiger partial charge in [-0.3, -0.25) is 9.59 Å². The van der Waals surface area contributed by atoms with E-state index in [4.69, 9.17) is 0 Å². The second-order valence-corrected chi connectivity index (χ2v) is 6.91. The summed E-state index contributed by atoms with van der Waals surface area (Å²) in [5, 5.41) is 11.8. The minimum Gasteiger partial charge on any atom is -0.351 e. The zero-order valence-corrected chi connectivity index (χ0v) is 15.3. The topological polar surface area (TPSA) is 100 Å². The number of nitrogens with one attached hydrogen (secondary N) is 1. The fraction of sp³-hybridized carbons (Fsp3) is 0.389. The molecule has 0 aliphatic carbocycles. The number of piperazine rings is 1. The summed E-state index contributed by atoms with van der Waals surface area (Å²) in [4.78, 5) is 31.9. The van der Waals surface area contributed by atoms with Crippen LogP contribution in [0.5, 0.6) is 0 Å². The number of aromatic nitrogens is 5. The first-order chi connectivity index (χ1) is 13.0. The lowest BCUT2D eigenvalue weighted by Crippen LogP contribution is -2.51. The molecule has 3 aromatic rings. The molecule has 1 fully saturated rings. The molecule has 0 spiro atoms. The van der Waals surface area contributed by atoms with Crippen LogP contribution in [0, 0.1) is 13.8 Å². The van der Waals surface area contributed by atoms with Crippen LogP contribution in [0.2, 0.25) is 0 Å². The molecule has 9 nitrogen and oxygen atoms in total. The number of benzene rings is 1. The molecule has 140 valence electrons. The van der Waals surface area contributed by atoms with Gasteiger partial charge in [0.05, 0.1) is 0 Å². The highest BCUT2D eigenvalue weighted by atomic mass is 16.2. The highest BCUT2D eigenvalue weighted by molar-refractivity contribution is 5.99. The van der Waals surface area contributed by atoms with E-state index in [9.17, 15) is 9.59 Å². The minimum atomic E-state index is -0.0499. The van der Waals surface area contributed by atoms with Gasteiger partial charge in [-0.2, -0.15) is 0 Å². The van der Waals surface area contributed by atoms with E-state index in [0.29, 0.717) is 31.9 Å². The highest BCUT2D eigenvalue weighted by Crippen LogP contribution is 2.22. The Morgan fingerprint density at radius 3 is 2.52 bits per heavy atom. The maximum absolute atomic E-state index is 12.9. The fourth-order valence-electron chi connectivity index (χ4n) is 3.54. The van der Waals surface area contributed by atoms with Crippen molar-refractivity contribution < 1.29 is 9.59 Å². The molecule has 3 heterocycles. The molecule has 1 N–H and O–H groups in total. The number of hydrogen-bond acceptors (Lipinski definition) is 5. The first-order valence-corrected chi connectivity index (χ1v) is 8.89. The van der Waals surface area contributed by atoms with Gasteiger partial charge in [0.2, 0.25) is 5.91 Å². The summed E-state index contributed by atoms with van der Waals surface area (Å²) in [5.41, 5.74) is 3.88. The van der Waals surface area contributed by atoms with Gasteiger partial charge >= 0.3 is 0 Å². The number of rotatable bonds is 3. The zero-order valence-electron chi connectivity index (χ0n) is 15.3. The predicted molar refractivity (Wildman–Crippen MR) is 98.1 cm³/mol. The van der Waals surface area contributed by atoms with E-state index in [0.717, 1.165) is 22.0 Å². The molecule has 0 saturated carbocycles. The predicted octanol–water partition coefficient (Wildman–Crippen LogP) is 0.756. The normalized spacial score (nSPS) is 14.7. The van der Waals surface area contributed by atoms with Crippen molar-refractivity contribution in [3.05, 3.63) is 41.3 Å². The van der Waals surface area contributed by atoms with Crippen molar-refractivity contribution in [1.82, 2.24) is 35.0 Å². The molecular weight excluding hydrogens is 346 g/mol. The second kappa shape index (κ2) is 6.82. The third-order valence-electron chi connectivity index (χ3n) is 4.93. The molecule has 27 heavy (non-hydrogen) atoms. The maximum atomic E-state index is 12.9. The van der Waals surface area contributed by atoms with Gasteiger partial charge in [0, 0.05) is 37.1 Å². The summed E-state index contributed by atoms with van der Waals surface area (Å²) in [5.74, 6) is -0.0815. The number of aromatic amines is 1. The second-order valence-electron chi connectivity index (χ2n) is 6.91. The molecule has 4 rings (SSSR count). The Labute approximate surface area is 155 Å². The van der Waals surface area contributed by atoms with Gasteiger partial charge in [-0.15, -0.1) is 5.10 Å². The van der Waals surface area contributed by atoms with Gasteiger partial charge in [0.1, 0.15) is 18.6 Å². The summed E-state index contributed by atoms with van der Waals surface area (Å²) in [6.45, 7) is 6.23. The van der Waals surface area contributed by atoms with E-state index < -0.39 is 0 Å². The van der Waals surface area contributed by atoms with Crippen LogP contribution < -0.4 is 0 Å². The van der Waals surface area contributed by atoms with E-state index in [1.165, 1.54) is 11.0 Å². The lowest BCUT2D eigenvalue weighted by molar-refractivity contribution is -0.133. The van der Waals surface area contributed by atoms with Gasteiger partial charge < -0.3 is 14.8 Å². The SMILES string of the molecule is Cc1cc(C)c2cc(C(=O)N3CCN(C(=O)Cn4cnnn4)CC3)[nH]c2c1. The van der Waals surface area contributed by atoms with Gasteiger partial charge in [-0.1, -0.05) is 6.07 Å². The Morgan fingerprint density at radius 1 is 1.07 bits per heavy atom. The molecule has 1 saturated heterocycles. The lowest BCUT2D eigenvalue weighted by Gasteiger charge is -2.34. The Kier molecular flexibility index (Phi) is 4.35. The first-order valence-electron chi connectivity index (χ1n) is 8.89. The van der Waals surface area contributed by atoms with Crippen LogP contribution in [0.25, 0.3) is 10.9 Å². The Hall–Kier alpha value is -3.23. The molecule has 2 aromatic heterocycles. The smallest absolute Gasteiger partial charge is 0.270 e. The van der Waals surface area contributed by atoms with Crippen LogP contribution in [-0.4, -0.2) is 73.0 Å². The monoisotopic (exact) mass is 367 g/mol. The molecule has 0 unspecified atom stereocenters. The van der Waals surface area contributed by atoms with Crippen LogP contribution >= 0.6 is 0 Å². The molecule has 1 aromatic carbocycles. The fourth-order valence-corrected chi connectivity index (χ4v) is 3.54. The van der Waals surface area contributed by atoms with E-state index in [-0.39, 0.29) is 18.4 Å². The average Bonchev–Trinajstić information content (AvgIpc) is 3.31. The standard InChI is InChI=1S/C18H21N7O2/c1-12-7-13(2)14-9-16(20-15(14)8-12)18(27)24-5-3-23(4-6-24)17(26)10-25-11-19-21-22-25/h7-9,11,20H,3-6,10H2,1-2H3. The van der Waals surface area contributed by atoms with Crippen molar-refractivity contribution in [1.29, 1.82) is 0 Å². The summed E-state index contributed by atoms with van der Waals surface area (Å²) in [6.07, 6.45) is 1.41. The molecular formula is C18H21N7O2. The summed E-state index contributed by atoms with van der Waals surface area (Å²) < 4.78 is 1.40. The van der Waals surface area contributed by atoms with Crippen molar-refractivity contribution in [2.75, 3.05) is 26.2 Å². The lowest BCUT2D eigenvalue weighted by atomic mass is 10.1. The maximum Gasteiger partial charge on any atom is 0.270 e. The van der Waals surface area contributed by atoms with Gasteiger partial charge in [-0.05, 0) is 47.5 Å². The van der Waals surface area contributed by atoms with Crippen molar-refractivity contribution in [2.45, 2.75) is 20.4 Å². The molecule has 1 aliphatic heterocycles. The van der Waals surface area contributed by atoms with Gasteiger partial charge in [-0.25, -0.2) is 4.68 Å². The van der Waals surface area contributed by atoms with Crippen molar-refractivity contribution in [2.24, 2.45) is 0 Å². The number of carbonyl (C=O) groups is 2. The van der Waals surface area contributed by atoms with Gasteiger partial charge in [0.15, 0.2) is 0 Å². The van der Waals surface area contributed by atoms with Crippen molar-refractivity contribution in [3.63, 3.8) is 0 Å². The van der Waals surface area contributed by atoms with Crippen LogP contribution in [0.4, 0.5) is 0 Å². The first kappa shape index (κ1) is 17.2. The number of aryl methyl sites for hydroxylation is 2. The summed E-state index contributed by atoms with van der Waals surface area (Å²) in [7, 11) is 0. The molecule has 9 heteroatoms. The number of amides is 2. The summed E-state index contributed by atoms with van der Waals surface area (Å²) in [6, 6.07) is 6.08. The third kappa shape index (κ3) is 3.40. The van der Waals surface area contributed by atoms with E-state index >= 15 is 0 Å². The Bertz CT molecular complexity index is 985. The number of fused-ring (bicyclic) bond motifs is 1. The molecule has 0 radical (unpaired) electrons. The van der Waals surface area contributed by atoms with Crippen molar-refractivity contribution >= 4 is 22.7 Å². The van der Waals surface area contributed by atoms with E-state index in [2.05, 4.69) is 32.6 Å². The van der Waals surface area contributed by atoms with Gasteiger partial charge in [0.25, 0.3) is 5.91 Å². The number of carbonyl (C=O) groups excluding carboxylic acids is 2. The number of tetrazole rings is 1. The minimum absolute atomic E-state index is 0.0316. The number of nitrogens with zero attached hydrogens (tertiary/aromatic N) is 6. The zero-order chi connectivity index (χ0) is 19.0.